The van der Waals surface area contributed by atoms with Crippen molar-refractivity contribution in [1.29, 1.82) is 0 Å². The van der Waals surface area contributed by atoms with Crippen molar-refractivity contribution in [1.82, 2.24) is 10.2 Å². The summed E-state index contributed by atoms with van der Waals surface area (Å²) in [5, 5.41) is 4.43. The van der Waals surface area contributed by atoms with E-state index in [2.05, 4.69) is 40.6 Å². The molecule has 2 heterocycles. The first-order chi connectivity index (χ1) is 18.9. The SMILES string of the molecule is O=C(NCc1cc(C(F)(F)F)cc(C(F)(F)F)c1)C(CCN1CCC2(C=Cc3ccccc32)CC1)c1cccs1. The molecule has 3 nitrogen and oxygen atoms in total. The highest BCUT2D eigenvalue weighted by atomic mass is 32.1. The molecule has 1 saturated heterocycles. The van der Waals surface area contributed by atoms with E-state index < -0.39 is 41.8 Å². The standard InChI is InChI=1S/C30H28F6N2OS/c31-29(32,33)22-16-20(17-23(18-22)30(34,35)36)19-37-27(39)24(26-6-3-15-40-26)8-12-38-13-10-28(11-14-38)9-7-21-4-1-2-5-25(21)28/h1-7,9,15-18,24H,8,10-14,19H2,(H,37,39). The third-order valence-electron chi connectivity index (χ3n) is 7.88. The molecule has 1 aliphatic carbocycles. The van der Waals surface area contributed by atoms with Gasteiger partial charge < -0.3 is 10.2 Å². The third-order valence-corrected chi connectivity index (χ3v) is 8.86. The van der Waals surface area contributed by atoms with E-state index in [-0.39, 0.29) is 17.0 Å². The highest BCUT2D eigenvalue weighted by Crippen LogP contribution is 2.44. The highest BCUT2D eigenvalue weighted by Gasteiger charge is 2.39. The minimum atomic E-state index is -4.94. The monoisotopic (exact) mass is 578 g/mol. The Morgan fingerprint density at radius 2 is 1.62 bits per heavy atom. The van der Waals surface area contributed by atoms with Gasteiger partial charge in [0, 0.05) is 16.8 Å². The van der Waals surface area contributed by atoms with Gasteiger partial charge in [-0.15, -0.1) is 11.3 Å². The molecule has 1 spiro atoms. The Morgan fingerprint density at radius 3 is 2.25 bits per heavy atom. The first kappa shape index (κ1) is 28.4. The molecule has 1 atom stereocenters. The van der Waals surface area contributed by atoms with Gasteiger partial charge in [0.2, 0.25) is 5.91 Å². The van der Waals surface area contributed by atoms with Crippen LogP contribution in [0.1, 0.15) is 57.9 Å². The lowest BCUT2D eigenvalue weighted by atomic mass is 9.74. The van der Waals surface area contributed by atoms with Crippen LogP contribution in [0.15, 0.2) is 66.1 Å². The molecule has 0 bridgehead atoms. The summed E-state index contributed by atoms with van der Waals surface area (Å²) >= 11 is 1.40. The molecule has 5 rings (SSSR count). The largest absolute Gasteiger partial charge is 0.416 e. The van der Waals surface area contributed by atoms with Crippen molar-refractivity contribution in [3.05, 3.63) is 98.7 Å². The van der Waals surface area contributed by atoms with E-state index in [1.165, 1.54) is 22.5 Å². The number of likely N-dealkylation sites (tertiary alicyclic amines) is 1. The molecule has 3 aromatic rings. The fraction of sp³-hybridized carbons (Fsp3) is 0.367. The summed E-state index contributed by atoms with van der Waals surface area (Å²) in [4.78, 5) is 16.3. The second kappa shape index (κ2) is 11.0. The van der Waals surface area contributed by atoms with Crippen molar-refractivity contribution in [2.75, 3.05) is 19.6 Å². The molecule has 10 heteroatoms. The Hall–Kier alpha value is -3.11. The van der Waals surface area contributed by atoms with Crippen LogP contribution in [0.4, 0.5) is 26.3 Å². The number of carbonyl (C=O) groups is 1. The van der Waals surface area contributed by atoms with E-state index in [9.17, 15) is 31.1 Å². The number of hydrogen-bond acceptors (Lipinski definition) is 3. The third kappa shape index (κ3) is 6.12. The fourth-order valence-electron chi connectivity index (χ4n) is 5.68. The van der Waals surface area contributed by atoms with Gasteiger partial charge in [-0.25, -0.2) is 0 Å². The molecule has 1 fully saturated rings. The number of amides is 1. The molecule has 40 heavy (non-hydrogen) atoms. The number of allylic oxidation sites excluding steroid dienone is 1. The second-order valence-electron chi connectivity index (χ2n) is 10.4. The number of nitrogens with zero attached hydrogens (tertiary/aromatic N) is 1. The van der Waals surface area contributed by atoms with E-state index in [0.29, 0.717) is 25.1 Å². The van der Waals surface area contributed by atoms with Gasteiger partial charge in [0.1, 0.15) is 0 Å². The van der Waals surface area contributed by atoms with Crippen molar-refractivity contribution in [3.8, 4) is 0 Å². The molecule has 1 unspecified atom stereocenters. The number of rotatable bonds is 7. The number of benzene rings is 2. The number of nitrogens with one attached hydrogen (secondary N) is 1. The normalized spacial score (nSPS) is 17.6. The number of piperidine rings is 1. The Kier molecular flexibility index (Phi) is 7.85. The van der Waals surface area contributed by atoms with Crippen LogP contribution in [0.3, 0.4) is 0 Å². The Balaban J connectivity index is 1.23. The number of fused-ring (bicyclic) bond motifs is 2. The van der Waals surface area contributed by atoms with Crippen molar-refractivity contribution in [2.24, 2.45) is 0 Å². The lowest BCUT2D eigenvalue weighted by molar-refractivity contribution is -0.143. The molecular weight excluding hydrogens is 550 g/mol. The molecule has 2 aromatic carbocycles. The molecule has 2 aliphatic rings. The summed E-state index contributed by atoms with van der Waals surface area (Å²) in [6.45, 7) is 1.94. The number of thiophene rings is 1. The Morgan fingerprint density at radius 1 is 0.950 bits per heavy atom. The summed E-state index contributed by atoms with van der Waals surface area (Å²) in [5.74, 6) is -0.981. The van der Waals surface area contributed by atoms with Gasteiger partial charge in [0.25, 0.3) is 0 Å². The van der Waals surface area contributed by atoms with Crippen LogP contribution in [0.2, 0.25) is 0 Å². The van der Waals surface area contributed by atoms with Gasteiger partial charge in [-0.3, -0.25) is 4.79 Å². The van der Waals surface area contributed by atoms with E-state index in [1.807, 2.05) is 23.6 Å². The minimum Gasteiger partial charge on any atom is -0.351 e. The summed E-state index contributed by atoms with van der Waals surface area (Å²) < 4.78 is 79.4. The maximum Gasteiger partial charge on any atom is 0.416 e. The maximum absolute atomic E-state index is 13.2. The maximum atomic E-state index is 13.2. The Labute approximate surface area is 232 Å². The van der Waals surface area contributed by atoms with Crippen LogP contribution < -0.4 is 5.32 Å². The molecule has 0 saturated carbocycles. The van der Waals surface area contributed by atoms with E-state index in [0.717, 1.165) is 30.8 Å². The first-order valence-electron chi connectivity index (χ1n) is 13.1. The van der Waals surface area contributed by atoms with Crippen LogP contribution in [0.5, 0.6) is 0 Å². The van der Waals surface area contributed by atoms with E-state index >= 15 is 0 Å². The molecule has 1 aliphatic heterocycles. The highest BCUT2D eigenvalue weighted by molar-refractivity contribution is 7.10. The molecular formula is C30H28F6N2OS. The summed E-state index contributed by atoms with van der Waals surface area (Å²) in [6.07, 6.45) is -2.98. The van der Waals surface area contributed by atoms with E-state index in [1.54, 1.807) is 0 Å². The van der Waals surface area contributed by atoms with Gasteiger partial charge in [-0.1, -0.05) is 42.5 Å². The van der Waals surface area contributed by atoms with Crippen LogP contribution in [0.25, 0.3) is 6.08 Å². The average Bonchev–Trinajstić information content (AvgIpc) is 3.57. The van der Waals surface area contributed by atoms with E-state index in [4.69, 9.17) is 0 Å². The predicted molar refractivity (Wildman–Crippen MR) is 143 cm³/mol. The lowest BCUT2D eigenvalue weighted by Gasteiger charge is -2.39. The Bertz CT molecular complexity index is 1340. The minimum absolute atomic E-state index is 0.0395. The smallest absolute Gasteiger partial charge is 0.351 e. The molecule has 1 aromatic heterocycles. The first-order valence-corrected chi connectivity index (χ1v) is 13.9. The zero-order valence-electron chi connectivity index (χ0n) is 21.5. The molecule has 1 amide bonds. The van der Waals surface area contributed by atoms with Crippen molar-refractivity contribution < 1.29 is 31.1 Å². The lowest BCUT2D eigenvalue weighted by Crippen LogP contribution is -2.42. The van der Waals surface area contributed by atoms with Crippen molar-refractivity contribution in [3.63, 3.8) is 0 Å². The van der Waals surface area contributed by atoms with Crippen LogP contribution in [-0.2, 0) is 29.1 Å². The summed E-state index contributed by atoms with van der Waals surface area (Å²) in [7, 11) is 0. The van der Waals surface area contributed by atoms with Crippen LogP contribution in [-0.4, -0.2) is 30.4 Å². The average molecular weight is 579 g/mol. The second-order valence-corrected chi connectivity index (χ2v) is 11.4. The topological polar surface area (TPSA) is 32.3 Å². The van der Waals surface area contributed by atoms with Crippen LogP contribution in [0, 0.1) is 0 Å². The predicted octanol–water partition coefficient (Wildman–Crippen LogP) is 7.64. The van der Waals surface area contributed by atoms with Crippen molar-refractivity contribution >= 4 is 23.3 Å². The summed E-state index contributed by atoms with van der Waals surface area (Å²) in [6, 6.07) is 13.4. The number of alkyl halides is 6. The number of halogens is 6. The summed E-state index contributed by atoms with van der Waals surface area (Å²) in [5.41, 5.74) is -0.403. The van der Waals surface area contributed by atoms with Crippen molar-refractivity contribution in [2.45, 2.75) is 49.5 Å². The molecule has 1 N–H and O–H groups in total. The zero-order chi connectivity index (χ0) is 28.5. The van der Waals surface area contributed by atoms with Gasteiger partial charge in [0.05, 0.1) is 17.0 Å². The molecule has 0 radical (unpaired) electrons. The number of carbonyl (C=O) groups excluding carboxylic acids is 1. The fourth-order valence-corrected chi connectivity index (χ4v) is 6.54. The van der Waals surface area contributed by atoms with Gasteiger partial charge in [-0.05, 0) is 85.2 Å². The van der Waals surface area contributed by atoms with Crippen LogP contribution >= 0.6 is 11.3 Å². The van der Waals surface area contributed by atoms with Gasteiger partial charge in [0.15, 0.2) is 0 Å². The van der Waals surface area contributed by atoms with Gasteiger partial charge in [-0.2, -0.15) is 26.3 Å². The number of hydrogen-bond donors (Lipinski definition) is 1. The quantitative estimate of drug-likeness (QED) is 0.293. The molecule has 212 valence electrons. The zero-order valence-corrected chi connectivity index (χ0v) is 22.3. The van der Waals surface area contributed by atoms with Gasteiger partial charge >= 0.3 is 12.4 Å².